The van der Waals surface area contributed by atoms with Crippen molar-refractivity contribution in [3.63, 3.8) is 0 Å². The Balaban J connectivity index is 4.29. The molecule has 0 saturated carbocycles. The highest BCUT2D eigenvalue weighted by molar-refractivity contribution is 7.45. The molecule has 8 nitrogen and oxygen atoms in total. The van der Waals surface area contributed by atoms with Gasteiger partial charge >= 0.3 is 0 Å². The van der Waals surface area contributed by atoms with Crippen LogP contribution in [0.4, 0.5) is 0 Å². The number of aliphatic hydroxyl groups excluding tert-OH is 1. The lowest BCUT2D eigenvalue weighted by Gasteiger charge is -2.29. The summed E-state index contributed by atoms with van der Waals surface area (Å²) in [5.41, 5.74) is 0. The lowest BCUT2D eigenvalue weighted by atomic mass is 10.0. The van der Waals surface area contributed by atoms with Crippen molar-refractivity contribution in [2.75, 3.05) is 40.9 Å². The SMILES string of the molecule is CCCCCCCCCCCCCCCCC/C=C/CC/C=C/C(O)C(COP(=O)([O-])OCC[N+](C)(C)C)NC(=O)CCCCCCCCCCCCCCCCCCCCCC. The minimum Gasteiger partial charge on any atom is -0.756 e. The van der Waals surface area contributed by atoms with Crippen LogP contribution < -0.4 is 10.2 Å². The number of phosphoric ester groups is 1. The van der Waals surface area contributed by atoms with Gasteiger partial charge in [-0.15, -0.1) is 0 Å². The summed E-state index contributed by atoms with van der Waals surface area (Å²) in [6.45, 7) is 4.67. The van der Waals surface area contributed by atoms with Crippen LogP contribution in [0.15, 0.2) is 24.3 Å². The number of likely N-dealkylation sites (N-methyl/N-ethyl adjacent to an activating group) is 1. The molecule has 0 aliphatic heterocycles. The van der Waals surface area contributed by atoms with Crippen LogP contribution in [0.1, 0.15) is 264 Å². The monoisotopic (exact) mass is 911 g/mol. The van der Waals surface area contributed by atoms with Gasteiger partial charge in [-0.3, -0.25) is 9.36 Å². The summed E-state index contributed by atoms with van der Waals surface area (Å²) in [6.07, 6.45) is 56.7. The zero-order valence-electron chi connectivity index (χ0n) is 42.5. The first-order valence-corrected chi connectivity index (χ1v) is 28.7. The van der Waals surface area contributed by atoms with Gasteiger partial charge in [0.05, 0.1) is 39.9 Å². The predicted octanol–water partition coefficient (Wildman–Crippen LogP) is 15.4. The molecule has 0 aliphatic carbocycles. The van der Waals surface area contributed by atoms with Crippen molar-refractivity contribution in [2.45, 2.75) is 276 Å². The number of nitrogens with one attached hydrogen (secondary N) is 1. The van der Waals surface area contributed by atoms with Gasteiger partial charge in [0, 0.05) is 6.42 Å². The predicted molar refractivity (Wildman–Crippen MR) is 270 cm³/mol. The van der Waals surface area contributed by atoms with Crippen molar-refractivity contribution in [2.24, 2.45) is 0 Å². The van der Waals surface area contributed by atoms with Crippen LogP contribution in [0, 0.1) is 0 Å². The Morgan fingerprint density at radius 1 is 0.540 bits per heavy atom. The summed E-state index contributed by atoms with van der Waals surface area (Å²) in [5.74, 6) is -0.202. The van der Waals surface area contributed by atoms with E-state index < -0.39 is 20.0 Å². The molecule has 9 heteroatoms. The Kier molecular flexibility index (Phi) is 45.4. The van der Waals surface area contributed by atoms with Gasteiger partial charge in [-0.2, -0.15) is 0 Å². The van der Waals surface area contributed by atoms with Crippen LogP contribution in [-0.2, 0) is 18.4 Å². The Morgan fingerprint density at radius 2 is 0.889 bits per heavy atom. The molecular weight excluding hydrogens is 804 g/mol. The molecule has 0 spiro atoms. The molecule has 0 heterocycles. The second kappa shape index (κ2) is 46.1. The van der Waals surface area contributed by atoms with Crippen molar-refractivity contribution in [1.82, 2.24) is 5.32 Å². The molecule has 0 radical (unpaired) electrons. The number of hydrogen-bond donors (Lipinski definition) is 2. The first-order chi connectivity index (χ1) is 30.5. The van der Waals surface area contributed by atoms with Crippen molar-refractivity contribution >= 4 is 13.7 Å². The van der Waals surface area contributed by atoms with Gasteiger partial charge in [0.15, 0.2) is 0 Å². The van der Waals surface area contributed by atoms with Crippen molar-refractivity contribution in [1.29, 1.82) is 0 Å². The topological polar surface area (TPSA) is 108 Å². The maximum atomic E-state index is 12.9. The van der Waals surface area contributed by atoms with E-state index in [4.69, 9.17) is 9.05 Å². The largest absolute Gasteiger partial charge is 0.756 e. The van der Waals surface area contributed by atoms with E-state index in [1.165, 1.54) is 205 Å². The number of carbonyl (C=O) groups is 1. The Labute approximate surface area is 392 Å². The lowest BCUT2D eigenvalue weighted by Crippen LogP contribution is -2.45. The molecule has 3 atom stereocenters. The molecular formula is C54H107N2O6P. The fourth-order valence-electron chi connectivity index (χ4n) is 8.11. The molecule has 0 aromatic carbocycles. The summed E-state index contributed by atoms with van der Waals surface area (Å²) in [4.78, 5) is 25.4. The zero-order valence-corrected chi connectivity index (χ0v) is 43.4. The van der Waals surface area contributed by atoms with E-state index in [1.807, 2.05) is 27.2 Å². The summed E-state index contributed by atoms with van der Waals surface area (Å²) < 4.78 is 23.3. The van der Waals surface area contributed by atoms with E-state index in [2.05, 4.69) is 31.3 Å². The molecule has 63 heavy (non-hydrogen) atoms. The molecule has 3 unspecified atom stereocenters. The minimum atomic E-state index is -4.60. The molecule has 0 aromatic rings. The third kappa shape index (κ3) is 48.7. The van der Waals surface area contributed by atoms with Gasteiger partial charge < -0.3 is 28.8 Å². The third-order valence-corrected chi connectivity index (χ3v) is 13.4. The van der Waals surface area contributed by atoms with Crippen LogP contribution >= 0.6 is 7.82 Å². The zero-order chi connectivity index (χ0) is 46.4. The molecule has 0 fully saturated rings. The highest BCUT2D eigenvalue weighted by Crippen LogP contribution is 2.38. The standard InChI is InChI=1S/C54H107N2O6P/c1-6-8-10-12-14-16-18-20-22-24-26-28-29-31-33-35-37-39-41-43-45-47-53(57)52(51-62-63(59,60)61-50-49-56(3,4)5)55-54(58)48-46-44-42-40-38-36-34-32-30-27-25-23-21-19-17-15-13-11-9-7-2/h37,39,45,47,52-53,57H,6-36,38,40-44,46,48-51H2,1-5H3,(H-,55,58,59,60)/b39-37+,47-45+. The van der Waals surface area contributed by atoms with Gasteiger partial charge in [-0.1, -0.05) is 250 Å². The Morgan fingerprint density at radius 3 is 1.29 bits per heavy atom. The number of rotatable bonds is 50. The summed E-state index contributed by atoms with van der Waals surface area (Å²) in [7, 11) is 1.26. The third-order valence-electron chi connectivity index (χ3n) is 12.4. The van der Waals surface area contributed by atoms with E-state index in [-0.39, 0.29) is 19.1 Å². The number of allylic oxidation sites excluding steroid dienone is 3. The number of quaternary nitrogens is 1. The molecule has 0 aliphatic rings. The van der Waals surface area contributed by atoms with Crippen LogP contribution in [0.25, 0.3) is 0 Å². The molecule has 0 aromatic heterocycles. The van der Waals surface area contributed by atoms with E-state index in [0.29, 0.717) is 17.4 Å². The van der Waals surface area contributed by atoms with Crippen LogP contribution in [-0.4, -0.2) is 68.5 Å². The average Bonchev–Trinajstić information content (AvgIpc) is 3.24. The van der Waals surface area contributed by atoms with Gasteiger partial charge in [-0.25, -0.2) is 0 Å². The van der Waals surface area contributed by atoms with Crippen LogP contribution in [0.2, 0.25) is 0 Å². The summed E-state index contributed by atoms with van der Waals surface area (Å²) in [5, 5.41) is 13.8. The summed E-state index contributed by atoms with van der Waals surface area (Å²) >= 11 is 0. The van der Waals surface area contributed by atoms with Gasteiger partial charge in [0.2, 0.25) is 5.91 Å². The summed E-state index contributed by atoms with van der Waals surface area (Å²) in [6, 6.07) is -0.899. The molecule has 2 N–H and O–H groups in total. The normalized spacial score (nSPS) is 14.2. The van der Waals surface area contributed by atoms with E-state index in [0.717, 1.165) is 38.5 Å². The van der Waals surface area contributed by atoms with Crippen molar-refractivity contribution in [3.8, 4) is 0 Å². The first-order valence-electron chi connectivity index (χ1n) is 27.2. The van der Waals surface area contributed by atoms with E-state index in [9.17, 15) is 19.4 Å². The van der Waals surface area contributed by atoms with Gasteiger partial charge in [0.1, 0.15) is 13.2 Å². The number of nitrogens with zero attached hydrogens (tertiary/aromatic N) is 1. The minimum absolute atomic E-state index is 0.00381. The van der Waals surface area contributed by atoms with E-state index >= 15 is 0 Å². The number of phosphoric acid groups is 1. The second-order valence-corrected chi connectivity index (χ2v) is 21.3. The second-order valence-electron chi connectivity index (χ2n) is 19.9. The maximum absolute atomic E-state index is 12.9. The number of hydrogen-bond acceptors (Lipinski definition) is 6. The number of amides is 1. The highest BCUT2D eigenvalue weighted by atomic mass is 31.2. The molecule has 374 valence electrons. The molecule has 1 amide bonds. The average molecular weight is 911 g/mol. The first kappa shape index (κ1) is 62.0. The molecule has 0 bridgehead atoms. The van der Waals surface area contributed by atoms with Crippen molar-refractivity contribution < 1.29 is 32.9 Å². The Hall–Kier alpha value is -1.02. The van der Waals surface area contributed by atoms with Crippen LogP contribution in [0.3, 0.4) is 0 Å². The van der Waals surface area contributed by atoms with Gasteiger partial charge in [-0.05, 0) is 32.1 Å². The number of unbranched alkanes of at least 4 members (excludes halogenated alkanes) is 35. The Bertz CT molecular complexity index is 1080. The highest BCUT2D eigenvalue weighted by Gasteiger charge is 2.23. The number of aliphatic hydroxyl groups is 1. The van der Waals surface area contributed by atoms with Crippen LogP contribution in [0.5, 0.6) is 0 Å². The van der Waals surface area contributed by atoms with E-state index in [1.54, 1.807) is 6.08 Å². The lowest BCUT2D eigenvalue weighted by molar-refractivity contribution is -0.870. The van der Waals surface area contributed by atoms with Gasteiger partial charge in [0.25, 0.3) is 7.82 Å². The fraction of sp³-hybridized carbons (Fsp3) is 0.907. The smallest absolute Gasteiger partial charge is 0.268 e. The molecule has 0 saturated heterocycles. The van der Waals surface area contributed by atoms with Crippen molar-refractivity contribution in [3.05, 3.63) is 24.3 Å². The number of carbonyl (C=O) groups excluding carboxylic acids is 1. The molecule has 0 rings (SSSR count). The quantitative estimate of drug-likeness (QED) is 0.0272. The fourth-order valence-corrected chi connectivity index (χ4v) is 8.84. The maximum Gasteiger partial charge on any atom is 0.268 e.